The molecule has 2 fully saturated rings. The fourth-order valence-corrected chi connectivity index (χ4v) is 4.42. The first kappa shape index (κ1) is 22.8. The van der Waals surface area contributed by atoms with E-state index in [2.05, 4.69) is 34.4 Å². The summed E-state index contributed by atoms with van der Waals surface area (Å²) in [5.41, 5.74) is 0. The molecule has 2 aliphatic heterocycles. The molecule has 0 bridgehead atoms. The Morgan fingerprint density at radius 1 is 1.37 bits per heavy atom. The van der Waals surface area contributed by atoms with E-state index in [0.29, 0.717) is 6.04 Å². The van der Waals surface area contributed by atoms with Gasteiger partial charge in [-0.1, -0.05) is 0 Å². The first-order valence-electron chi connectivity index (χ1n) is 9.99. The third-order valence-electron chi connectivity index (χ3n) is 5.08. The van der Waals surface area contributed by atoms with Crippen LogP contribution in [0.25, 0.3) is 0 Å². The number of likely N-dealkylation sites (tertiary alicyclic amines) is 1. The van der Waals surface area contributed by atoms with Crippen LogP contribution in [0.15, 0.2) is 11.2 Å². The van der Waals surface area contributed by atoms with Crippen molar-refractivity contribution in [3.05, 3.63) is 16.1 Å². The maximum absolute atomic E-state index is 5.50. The summed E-state index contributed by atoms with van der Waals surface area (Å²) in [6, 6.07) is 0.519. The van der Waals surface area contributed by atoms with Crippen LogP contribution in [0.4, 0.5) is 0 Å². The fraction of sp³-hybridized carbons (Fsp3) is 0.789. The summed E-state index contributed by atoms with van der Waals surface area (Å²) < 4.78 is 5.50. The smallest absolute Gasteiger partial charge is 0.191 e. The molecule has 0 aliphatic carbocycles. The summed E-state index contributed by atoms with van der Waals surface area (Å²) in [6.45, 7) is 11.3. The number of guanidine groups is 1. The third kappa shape index (κ3) is 7.83. The first-order valence-corrected chi connectivity index (χ1v) is 10.8. The normalized spacial score (nSPS) is 21.9. The predicted octanol–water partition coefficient (Wildman–Crippen LogP) is 2.67. The highest BCUT2D eigenvalue weighted by Crippen LogP contribution is 2.17. The average molecular weight is 507 g/mol. The average Bonchev–Trinajstić information content (AvgIpc) is 3.29. The molecule has 8 heteroatoms. The molecule has 0 amide bonds. The van der Waals surface area contributed by atoms with Crippen molar-refractivity contribution in [3.8, 4) is 0 Å². The van der Waals surface area contributed by atoms with Gasteiger partial charge in [0.1, 0.15) is 0 Å². The summed E-state index contributed by atoms with van der Waals surface area (Å²) in [5.74, 6) is 1.69. The Balaban J connectivity index is 0.00000261. The Morgan fingerprint density at radius 3 is 2.81 bits per heavy atom. The molecule has 1 aromatic heterocycles. The van der Waals surface area contributed by atoms with Gasteiger partial charge in [0.25, 0.3) is 0 Å². The summed E-state index contributed by atoms with van der Waals surface area (Å²) >= 11 is 1.77. The van der Waals surface area contributed by atoms with Crippen LogP contribution in [-0.2, 0) is 11.2 Å². The maximum atomic E-state index is 5.50. The lowest BCUT2D eigenvalue weighted by molar-refractivity contribution is 0.150. The molecule has 1 atom stereocenters. The molecule has 0 radical (unpaired) electrons. The van der Waals surface area contributed by atoms with Crippen LogP contribution in [0.3, 0.4) is 0 Å². The second kappa shape index (κ2) is 12.2. The van der Waals surface area contributed by atoms with Crippen LogP contribution in [0.5, 0.6) is 0 Å². The van der Waals surface area contributed by atoms with E-state index in [-0.39, 0.29) is 24.0 Å². The molecule has 6 nitrogen and oxygen atoms in total. The zero-order valence-electron chi connectivity index (χ0n) is 16.6. The number of hydrogen-bond donors (Lipinski definition) is 2. The van der Waals surface area contributed by atoms with Crippen molar-refractivity contribution in [1.82, 2.24) is 20.5 Å². The SMILES string of the molecule is CCNC(=NCCc1ncc(C)s1)NC1CCN(CC2CCOC2)CC1.I. The lowest BCUT2D eigenvalue weighted by Gasteiger charge is -2.34. The number of hydrogen-bond acceptors (Lipinski definition) is 5. The molecule has 154 valence electrons. The first-order chi connectivity index (χ1) is 12.7. The molecule has 3 rings (SSSR count). The van der Waals surface area contributed by atoms with Gasteiger partial charge in [0, 0.05) is 62.9 Å². The van der Waals surface area contributed by atoms with E-state index in [0.717, 1.165) is 44.6 Å². The van der Waals surface area contributed by atoms with Crippen LogP contribution in [0, 0.1) is 12.8 Å². The number of aromatic nitrogens is 1. The number of piperidine rings is 1. The zero-order chi connectivity index (χ0) is 18.2. The zero-order valence-corrected chi connectivity index (χ0v) is 19.7. The lowest BCUT2D eigenvalue weighted by Crippen LogP contribution is -2.49. The van der Waals surface area contributed by atoms with E-state index in [1.165, 1.54) is 48.8 Å². The van der Waals surface area contributed by atoms with Crippen LogP contribution >= 0.6 is 35.3 Å². The van der Waals surface area contributed by atoms with Gasteiger partial charge in [-0.3, -0.25) is 4.99 Å². The molecule has 0 saturated carbocycles. The second-order valence-electron chi connectivity index (χ2n) is 7.32. The topological polar surface area (TPSA) is 61.8 Å². The highest BCUT2D eigenvalue weighted by Gasteiger charge is 2.24. The molecule has 1 unspecified atom stereocenters. The van der Waals surface area contributed by atoms with Crippen LogP contribution < -0.4 is 10.6 Å². The van der Waals surface area contributed by atoms with E-state index < -0.39 is 0 Å². The Kier molecular flexibility index (Phi) is 10.3. The van der Waals surface area contributed by atoms with Gasteiger partial charge in [0.15, 0.2) is 5.96 Å². The number of thiazole rings is 1. The monoisotopic (exact) mass is 507 g/mol. The van der Waals surface area contributed by atoms with Crippen molar-refractivity contribution in [2.24, 2.45) is 10.9 Å². The van der Waals surface area contributed by atoms with Crippen molar-refractivity contribution in [1.29, 1.82) is 0 Å². The highest BCUT2D eigenvalue weighted by molar-refractivity contribution is 14.0. The lowest BCUT2D eigenvalue weighted by atomic mass is 10.0. The number of ether oxygens (including phenoxy) is 1. The molecular weight excluding hydrogens is 473 g/mol. The minimum atomic E-state index is 0. The Morgan fingerprint density at radius 2 is 2.19 bits per heavy atom. The van der Waals surface area contributed by atoms with Gasteiger partial charge in [-0.15, -0.1) is 35.3 Å². The van der Waals surface area contributed by atoms with Crippen LogP contribution in [0.2, 0.25) is 0 Å². The largest absolute Gasteiger partial charge is 0.381 e. The molecular formula is C19H34IN5OS. The molecule has 0 spiro atoms. The quantitative estimate of drug-likeness (QED) is 0.338. The number of aliphatic imine (C=N–C) groups is 1. The van der Waals surface area contributed by atoms with E-state index in [1.54, 1.807) is 11.3 Å². The van der Waals surface area contributed by atoms with Gasteiger partial charge < -0.3 is 20.3 Å². The molecule has 2 aliphatic rings. The molecule has 0 aromatic carbocycles. The minimum absolute atomic E-state index is 0. The number of aryl methyl sites for hydroxylation is 1. The van der Waals surface area contributed by atoms with Crippen molar-refractivity contribution in [2.75, 3.05) is 45.9 Å². The van der Waals surface area contributed by atoms with E-state index in [1.807, 2.05) is 6.20 Å². The van der Waals surface area contributed by atoms with Gasteiger partial charge in [-0.25, -0.2) is 4.98 Å². The van der Waals surface area contributed by atoms with Crippen molar-refractivity contribution in [3.63, 3.8) is 0 Å². The minimum Gasteiger partial charge on any atom is -0.381 e. The van der Waals surface area contributed by atoms with Crippen molar-refractivity contribution in [2.45, 2.75) is 45.6 Å². The van der Waals surface area contributed by atoms with Crippen LogP contribution in [-0.4, -0.2) is 67.8 Å². The van der Waals surface area contributed by atoms with Gasteiger partial charge in [0.2, 0.25) is 0 Å². The Hall–Kier alpha value is -0.450. The van der Waals surface area contributed by atoms with Crippen LogP contribution in [0.1, 0.15) is 36.1 Å². The number of halogens is 1. The molecule has 3 heterocycles. The number of nitrogens with one attached hydrogen (secondary N) is 2. The van der Waals surface area contributed by atoms with E-state index in [9.17, 15) is 0 Å². The van der Waals surface area contributed by atoms with Gasteiger partial charge in [-0.05, 0) is 39.0 Å². The summed E-state index contributed by atoms with van der Waals surface area (Å²) in [7, 11) is 0. The van der Waals surface area contributed by atoms with Gasteiger partial charge >= 0.3 is 0 Å². The molecule has 2 saturated heterocycles. The van der Waals surface area contributed by atoms with Crippen molar-refractivity contribution >= 4 is 41.3 Å². The molecule has 1 aromatic rings. The maximum Gasteiger partial charge on any atom is 0.191 e. The van der Waals surface area contributed by atoms with E-state index >= 15 is 0 Å². The number of nitrogens with zero attached hydrogens (tertiary/aromatic N) is 3. The second-order valence-corrected chi connectivity index (χ2v) is 8.64. The van der Waals surface area contributed by atoms with E-state index in [4.69, 9.17) is 9.73 Å². The summed E-state index contributed by atoms with van der Waals surface area (Å²) in [6.07, 6.45) is 6.46. The summed E-state index contributed by atoms with van der Waals surface area (Å²) in [4.78, 5) is 13.0. The predicted molar refractivity (Wildman–Crippen MR) is 123 cm³/mol. The fourth-order valence-electron chi connectivity index (χ4n) is 3.65. The molecule has 2 N–H and O–H groups in total. The standard InChI is InChI=1S/C19H33N5OS.HI/c1-3-20-19(21-8-4-18-22-12-15(2)26-18)23-17-5-9-24(10-6-17)13-16-7-11-25-14-16;/h12,16-17H,3-11,13-14H2,1-2H3,(H2,20,21,23);1H. The number of rotatable bonds is 7. The Labute approximate surface area is 184 Å². The van der Waals surface area contributed by atoms with Gasteiger partial charge in [0.05, 0.1) is 11.6 Å². The summed E-state index contributed by atoms with van der Waals surface area (Å²) in [5, 5.41) is 8.19. The van der Waals surface area contributed by atoms with Gasteiger partial charge in [-0.2, -0.15) is 0 Å². The Bertz CT molecular complexity index is 568. The third-order valence-corrected chi connectivity index (χ3v) is 6.05. The molecule has 27 heavy (non-hydrogen) atoms. The van der Waals surface area contributed by atoms with Crippen molar-refractivity contribution < 1.29 is 4.74 Å². The highest BCUT2D eigenvalue weighted by atomic mass is 127.